The van der Waals surface area contributed by atoms with E-state index in [2.05, 4.69) is 50.5 Å². The summed E-state index contributed by atoms with van der Waals surface area (Å²) in [4.78, 5) is 8.67. The lowest BCUT2D eigenvalue weighted by atomic mass is 10.1. The Morgan fingerprint density at radius 2 is 1.62 bits per heavy atom. The number of hydrogen-bond donors (Lipinski definition) is 1. The SMILES string of the molecule is c1ccc(CCc2nc(CCc3cccnc3)n[nH]2)cc1. The lowest BCUT2D eigenvalue weighted by Crippen LogP contribution is -1.95. The number of hydrogen-bond acceptors (Lipinski definition) is 3. The fraction of sp³-hybridized carbons (Fsp3) is 0.235. The van der Waals surface area contributed by atoms with Gasteiger partial charge in [-0.3, -0.25) is 10.1 Å². The molecule has 0 aliphatic heterocycles. The standard InChI is InChI=1S/C17H18N4/c1-2-5-14(6-3-1)8-10-16-19-17(21-20-16)11-9-15-7-4-12-18-13-15/h1-7,12-13H,8-11H2,(H,19,20,21). The zero-order valence-electron chi connectivity index (χ0n) is 11.9. The lowest BCUT2D eigenvalue weighted by Gasteiger charge is -1.98. The number of aromatic nitrogens is 4. The number of rotatable bonds is 6. The third-order valence-electron chi connectivity index (χ3n) is 3.43. The van der Waals surface area contributed by atoms with Crippen LogP contribution in [0.5, 0.6) is 0 Å². The molecule has 3 aromatic rings. The summed E-state index contributed by atoms with van der Waals surface area (Å²) >= 11 is 0. The number of H-pyrrole nitrogens is 1. The Balaban J connectivity index is 1.52. The molecular formula is C17H18N4. The molecule has 0 saturated heterocycles. The van der Waals surface area contributed by atoms with Crippen LogP contribution in [-0.2, 0) is 25.7 Å². The predicted octanol–water partition coefficient (Wildman–Crippen LogP) is 2.77. The molecule has 0 aliphatic carbocycles. The Kier molecular flexibility index (Phi) is 4.36. The van der Waals surface area contributed by atoms with Gasteiger partial charge in [0.05, 0.1) is 0 Å². The van der Waals surface area contributed by atoms with Crippen LogP contribution >= 0.6 is 0 Å². The Morgan fingerprint density at radius 3 is 2.43 bits per heavy atom. The number of nitrogens with one attached hydrogen (secondary N) is 1. The van der Waals surface area contributed by atoms with Crippen LogP contribution in [0.4, 0.5) is 0 Å². The van der Waals surface area contributed by atoms with E-state index in [1.54, 1.807) is 6.20 Å². The zero-order chi connectivity index (χ0) is 14.3. The third-order valence-corrected chi connectivity index (χ3v) is 3.43. The summed E-state index contributed by atoms with van der Waals surface area (Å²) in [6.07, 6.45) is 7.32. The maximum Gasteiger partial charge on any atom is 0.151 e. The number of benzene rings is 1. The van der Waals surface area contributed by atoms with Crippen molar-refractivity contribution < 1.29 is 0 Å². The van der Waals surface area contributed by atoms with E-state index >= 15 is 0 Å². The molecule has 0 bridgehead atoms. The molecule has 21 heavy (non-hydrogen) atoms. The van der Waals surface area contributed by atoms with Crippen molar-refractivity contribution in [1.82, 2.24) is 20.2 Å². The Hall–Kier alpha value is -2.49. The molecule has 0 atom stereocenters. The van der Waals surface area contributed by atoms with Gasteiger partial charge >= 0.3 is 0 Å². The van der Waals surface area contributed by atoms with Crippen molar-refractivity contribution >= 4 is 0 Å². The summed E-state index contributed by atoms with van der Waals surface area (Å²) in [6.45, 7) is 0. The summed E-state index contributed by atoms with van der Waals surface area (Å²) in [6, 6.07) is 14.5. The molecule has 106 valence electrons. The molecule has 0 fully saturated rings. The van der Waals surface area contributed by atoms with E-state index in [0.717, 1.165) is 37.3 Å². The molecule has 1 aromatic carbocycles. The molecule has 2 heterocycles. The fourth-order valence-corrected chi connectivity index (χ4v) is 2.27. The molecular weight excluding hydrogens is 260 g/mol. The van der Waals surface area contributed by atoms with Crippen molar-refractivity contribution in [2.45, 2.75) is 25.7 Å². The molecule has 0 radical (unpaired) electrons. The highest BCUT2D eigenvalue weighted by Crippen LogP contribution is 2.06. The number of aromatic amines is 1. The van der Waals surface area contributed by atoms with Gasteiger partial charge in [-0.15, -0.1) is 0 Å². The van der Waals surface area contributed by atoms with E-state index in [1.807, 2.05) is 18.3 Å². The maximum atomic E-state index is 4.55. The summed E-state index contributed by atoms with van der Waals surface area (Å²) in [5.74, 6) is 1.84. The highest BCUT2D eigenvalue weighted by atomic mass is 15.2. The van der Waals surface area contributed by atoms with Gasteiger partial charge in [0.15, 0.2) is 5.82 Å². The molecule has 0 saturated carbocycles. The van der Waals surface area contributed by atoms with Crippen LogP contribution in [-0.4, -0.2) is 20.2 Å². The average Bonchev–Trinajstić information content (AvgIpc) is 3.01. The first-order valence-electron chi connectivity index (χ1n) is 7.23. The van der Waals surface area contributed by atoms with Crippen molar-refractivity contribution in [2.24, 2.45) is 0 Å². The van der Waals surface area contributed by atoms with Gasteiger partial charge in [0.25, 0.3) is 0 Å². The maximum absolute atomic E-state index is 4.55. The Bertz CT molecular complexity index is 604. The Labute approximate surface area is 124 Å². The second-order valence-corrected chi connectivity index (χ2v) is 5.05. The van der Waals surface area contributed by atoms with E-state index in [0.29, 0.717) is 0 Å². The predicted molar refractivity (Wildman–Crippen MR) is 81.9 cm³/mol. The average molecular weight is 278 g/mol. The van der Waals surface area contributed by atoms with Gasteiger partial charge in [-0.25, -0.2) is 4.98 Å². The molecule has 0 aliphatic rings. The summed E-state index contributed by atoms with van der Waals surface area (Å²) in [5, 5.41) is 7.32. The van der Waals surface area contributed by atoms with Gasteiger partial charge in [-0.2, -0.15) is 5.10 Å². The summed E-state index contributed by atoms with van der Waals surface area (Å²) in [5.41, 5.74) is 2.54. The van der Waals surface area contributed by atoms with Gasteiger partial charge in [0, 0.05) is 25.2 Å². The zero-order valence-corrected chi connectivity index (χ0v) is 11.9. The van der Waals surface area contributed by atoms with Crippen LogP contribution in [0.2, 0.25) is 0 Å². The summed E-state index contributed by atoms with van der Waals surface area (Å²) in [7, 11) is 0. The van der Waals surface area contributed by atoms with E-state index in [9.17, 15) is 0 Å². The molecule has 2 aromatic heterocycles. The van der Waals surface area contributed by atoms with Gasteiger partial charge in [0.1, 0.15) is 5.82 Å². The molecule has 1 N–H and O–H groups in total. The molecule has 4 nitrogen and oxygen atoms in total. The van der Waals surface area contributed by atoms with Gasteiger partial charge in [0.2, 0.25) is 0 Å². The topological polar surface area (TPSA) is 54.5 Å². The van der Waals surface area contributed by atoms with E-state index in [-0.39, 0.29) is 0 Å². The first kappa shape index (κ1) is 13.5. The van der Waals surface area contributed by atoms with Crippen LogP contribution in [0.15, 0.2) is 54.9 Å². The van der Waals surface area contributed by atoms with Crippen LogP contribution in [0.25, 0.3) is 0 Å². The molecule has 3 rings (SSSR count). The molecule has 0 amide bonds. The van der Waals surface area contributed by atoms with Gasteiger partial charge in [-0.1, -0.05) is 36.4 Å². The molecule has 0 spiro atoms. The minimum absolute atomic E-state index is 0.841. The van der Waals surface area contributed by atoms with Crippen LogP contribution in [0, 0.1) is 0 Å². The molecule has 0 unspecified atom stereocenters. The first-order chi connectivity index (χ1) is 10.4. The third kappa shape index (κ3) is 3.99. The van der Waals surface area contributed by atoms with Gasteiger partial charge in [-0.05, 0) is 30.0 Å². The fourth-order valence-electron chi connectivity index (χ4n) is 2.27. The number of aryl methyl sites for hydroxylation is 4. The van der Waals surface area contributed by atoms with Crippen molar-refractivity contribution in [3.05, 3.63) is 77.6 Å². The largest absolute Gasteiger partial charge is 0.264 e. The monoisotopic (exact) mass is 278 g/mol. The normalized spacial score (nSPS) is 10.7. The summed E-state index contributed by atoms with van der Waals surface area (Å²) < 4.78 is 0. The lowest BCUT2D eigenvalue weighted by molar-refractivity contribution is 0.859. The van der Waals surface area contributed by atoms with Crippen LogP contribution < -0.4 is 0 Å². The Morgan fingerprint density at radius 1 is 0.810 bits per heavy atom. The quantitative estimate of drug-likeness (QED) is 0.754. The van der Waals surface area contributed by atoms with Crippen molar-refractivity contribution in [1.29, 1.82) is 0 Å². The minimum atomic E-state index is 0.841. The minimum Gasteiger partial charge on any atom is -0.264 e. The van der Waals surface area contributed by atoms with Gasteiger partial charge < -0.3 is 0 Å². The highest BCUT2D eigenvalue weighted by Gasteiger charge is 2.04. The van der Waals surface area contributed by atoms with E-state index in [4.69, 9.17) is 0 Å². The highest BCUT2D eigenvalue weighted by molar-refractivity contribution is 5.15. The van der Waals surface area contributed by atoms with E-state index in [1.165, 1.54) is 11.1 Å². The number of pyridine rings is 1. The molecule has 4 heteroatoms. The first-order valence-corrected chi connectivity index (χ1v) is 7.23. The smallest absolute Gasteiger partial charge is 0.151 e. The van der Waals surface area contributed by atoms with Crippen molar-refractivity contribution in [3.63, 3.8) is 0 Å². The second-order valence-electron chi connectivity index (χ2n) is 5.05. The second kappa shape index (κ2) is 6.79. The van der Waals surface area contributed by atoms with Crippen molar-refractivity contribution in [3.8, 4) is 0 Å². The van der Waals surface area contributed by atoms with Crippen molar-refractivity contribution in [2.75, 3.05) is 0 Å². The van der Waals surface area contributed by atoms with Crippen LogP contribution in [0.3, 0.4) is 0 Å². The van der Waals surface area contributed by atoms with Crippen LogP contribution in [0.1, 0.15) is 22.8 Å². The van der Waals surface area contributed by atoms with E-state index < -0.39 is 0 Å². The number of nitrogens with zero attached hydrogens (tertiary/aromatic N) is 3.